The fourth-order valence-electron chi connectivity index (χ4n) is 3.08. The summed E-state index contributed by atoms with van der Waals surface area (Å²) in [5, 5.41) is 0. The van der Waals surface area contributed by atoms with E-state index < -0.39 is 0 Å². The molecule has 0 unspecified atom stereocenters. The Morgan fingerprint density at radius 3 is 2.44 bits per heavy atom. The van der Waals surface area contributed by atoms with Crippen molar-refractivity contribution in [1.82, 2.24) is 9.88 Å². The first-order valence-electron chi connectivity index (χ1n) is 9.11. The second-order valence-electron chi connectivity index (χ2n) is 6.36. The Morgan fingerprint density at radius 1 is 1.04 bits per heavy atom. The van der Waals surface area contributed by atoms with Crippen molar-refractivity contribution in [3.63, 3.8) is 0 Å². The van der Waals surface area contributed by atoms with Crippen molar-refractivity contribution < 1.29 is 13.9 Å². The van der Waals surface area contributed by atoms with E-state index in [2.05, 4.69) is 35.9 Å². The Hall–Kier alpha value is -2.79. The molecule has 0 aliphatic carbocycles. The number of benzene rings is 2. The highest BCUT2D eigenvalue weighted by molar-refractivity contribution is 5.57. The lowest BCUT2D eigenvalue weighted by Gasteiger charge is -2.27. The van der Waals surface area contributed by atoms with E-state index >= 15 is 0 Å². The summed E-state index contributed by atoms with van der Waals surface area (Å²) < 4.78 is 16.5. The number of hydrogen-bond acceptors (Lipinski definition) is 5. The number of nitrogens with zero attached hydrogens (tertiary/aromatic N) is 2. The molecule has 0 aliphatic rings. The number of aromatic nitrogens is 1. The van der Waals surface area contributed by atoms with Crippen molar-refractivity contribution in [2.45, 2.75) is 26.4 Å². The lowest BCUT2D eigenvalue weighted by Crippen LogP contribution is -2.26. The number of hydrogen-bond donors (Lipinski definition) is 0. The van der Waals surface area contributed by atoms with Crippen molar-refractivity contribution >= 4 is 0 Å². The van der Waals surface area contributed by atoms with Crippen molar-refractivity contribution in [2.75, 3.05) is 20.8 Å². The van der Waals surface area contributed by atoms with Gasteiger partial charge in [-0.3, -0.25) is 4.90 Å². The monoisotopic (exact) mass is 366 g/mol. The lowest BCUT2D eigenvalue weighted by molar-refractivity contribution is 0.193. The van der Waals surface area contributed by atoms with Crippen LogP contribution in [0.4, 0.5) is 0 Å². The maximum absolute atomic E-state index is 5.99. The summed E-state index contributed by atoms with van der Waals surface area (Å²) in [7, 11) is 3.35. The minimum Gasteiger partial charge on any atom is -0.497 e. The van der Waals surface area contributed by atoms with E-state index in [1.165, 1.54) is 5.56 Å². The molecule has 5 nitrogen and oxygen atoms in total. The second-order valence-corrected chi connectivity index (χ2v) is 6.36. The van der Waals surface area contributed by atoms with Crippen LogP contribution >= 0.6 is 0 Å². The van der Waals surface area contributed by atoms with E-state index in [4.69, 9.17) is 13.9 Å². The van der Waals surface area contributed by atoms with Crippen LogP contribution < -0.4 is 9.47 Å². The molecule has 142 valence electrons. The van der Waals surface area contributed by atoms with E-state index in [-0.39, 0.29) is 6.04 Å². The molecular weight excluding hydrogens is 340 g/mol. The third-order valence-electron chi connectivity index (χ3n) is 4.80. The third-order valence-corrected chi connectivity index (χ3v) is 4.80. The molecule has 3 aromatic rings. The minimum atomic E-state index is 0.224. The fraction of sp³-hybridized carbons (Fsp3) is 0.318. The molecule has 3 rings (SSSR count). The predicted molar refractivity (Wildman–Crippen MR) is 106 cm³/mol. The molecule has 0 spiro atoms. The van der Waals surface area contributed by atoms with Gasteiger partial charge in [-0.15, -0.1) is 0 Å². The van der Waals surface area contributed by atoms with E-state index in [0.717, 1.165) is 29.4 Å². The van der Waals surface area contributed by atoms with Gasteiger partial charge in [0.2, 0.25) is 5.89 Å². The summed E-state index contributed by atoms with van der Waals surface area (Å²) >= 11 is 0. The molecule has 5 heteroatoms. The van der Waals surface area contributed by atoms with Crippen LogP contribution in [0.25, 0.3) is 11.3 Å². The molecule has 0 amide bonds. The topological polar surface area (TPSA) is 47.7 Å². The average Bonchev–Trinajstić information content (AvgIpc) is 3.20. The number of rotatable bonds is 8. The number of oxazole rings is 1. The summed E-state index contributed by atoms with van der Waals surface area (Å²) in [5.74, 6) is 3.16. The standard InChI is InChI=1S/C22H26N2O3/c1-5-24(16(2)18-7-6-8-20(13-18)26-4)15-22-23-14-21(27-22)17-9-11-19(25-3)12-10-17/h6-14,16H,5,15H2,1-4H3/t16-/m0/s1. The molecule has 0 bridgehead atoms. The zero-order valence-corrected chi connectivity index (χ0v) is 16.3. The summed E-state index contributed by atoms with van der Waals surface area (Å²) in [6.45, 7) is 5.86. The third kappa shape index (κ3) is 4.49. The number of methoxy groups -OCH3 is 2. The molecular formula is C22H26N2O3. The van der Waals surface area contributed by atoms with Gasteiger partial charge in [-0.2, -0.15) is 0 Å². The maximum Gasteiger partial charge on any atom is 0.209 e. The van der Waals surface area contributed by atoms with Crippen LogP contribution in [0, 0.1) is 0 Å². The first-order valence-corrected chi connectivity index (χ1v) is 9.11. The average molecular weight is 366 g/mol. The highest BCUT2D eigenvalue weighted by Crippen LogP contribution is 2.27. The normalized spacial score (nSPS) is 12.2. The molecule has 0 fully saturated rings. The van der Waals surface area contributed by atoms with Gasteiger partial charge in [0.05, 0.1) is 27.0 Å². The smallest absolute Gasteiger partial charge is 0.209 e. The van der Waals surface area contributed by atoms with Gasteiger partial charge in [-0.25, -0.2) is 4.98 Å². The van der Waals surface area contributed by atoms with Gasteiger partial charge >= 0.3 is 0 Å². The summed E-state index contributed by atoms with van der Waals surface area (Å²) in [5.41, 5.74) is 2.19. The SMILES string of the molecule is CCN(Cc1ncc(-c2ccc(OC)cc2)o1)[C@@H](C)c1cccc(OC)c1. The molecule has 2 aromatic carbocycles. The largest absolute Gasteiger partial charge is 0.497 e. The zero-order chi connectivity index (χ0) is 19.2. The van der Waals surface area contributed by atoms with Crippen LogP contribution in [0.3, 0.4) is 0 Å². The fourth-order valence-corrected chi connectivity index (χ4v) is 3.08. The Bertz CT molecular complexity index is 858. The van der Waals surface area contributed by atoms with Gasteiger partial charge in [-0.1, -0.05) is 19.1 Å². The lowest BCUT2D eigenvalue weighted by atomic mass is 10.1. The molecule has 1 atom stereocenters. The summed E-state index contributed by atoms with van der Waals surface area (Å²) in [4.78, 5) is 6.79. The van der Waals surface area contributed by atoms with Gasteiger partial charge in [0.25, 0.3) is 0 Å². The highest BCUT2D eigenvalue weighted by atomic mass is 16.5. The molecule has 0 saturated heterocycles. The Morgan fingerprint density at radius 2 is 1.78 bits per heavy atom. The van der Waals surface area contributed by atoms with Crippen LogP contribution in [-0.4, -0.2) is 30.6 Å². The van der Waals surface area contributed by atoms with Gasteiger partial charge in [0, 0.05) is 11.6 Å². The van der Waals surface area contributed by atoms with Crippen molar-refractivity contribution in [2.24, 2.45) is 0 Å². The summed E-state index contributed by atoms with van der Waals surface area (Å²) in [6.07, 6.45) is 1.78. The Labute approximate surface area is 160 Å². The van der Waals surface area contributed by atoms with Crippen LogP contribution in [0.5, 0.6) is 11.5 Å². The van der Waals surface area contributed by atoms with Gasteiger partial charge in [-0.05, 0) is 55.4 Å². The van der Waals surface area contributed by atoms with Crippen molar-refractivity contribution in [3.05, 3.63) is 66.2 Å². The van der Waals surface area contributed by atoms with Crippen LogP contribution in [0.15, 0.2) is 59.1 Å². The maximum atomic E-state index is 5.99. The number of ether oxygens (including phenoxy) is 2. The molecule has 0 aliphatic heterocycles. The molecule has 0 radical (unpaired) electrons. The molecule has 0 saturated carbocycles. The summed E-state index contributed by atoms with van der Waals surface area (Å²) in [6, 6.07) is 16.2. The Balaban J connectivity index is 1.73. The van der Waals surface area contributed by atoms with Gasteiger partial charge in [0.1, 0.15) is 11.5 Å². The first-order chi connectivity index (χ1) is 13.1. The minimum absolute atomic E-state index is 0.224. The molecule has 1 aromatic heterocycles. The van der Waals surface area contributed by atoms with Crippen LogP contribution in [-0.2, 0) is 6.54 Å². The van der Waals surface area contributed by atoms with Crippen LogP contribution in [0.2, 0.25) is 0 Å². The van der Waals surface area contributed by atoms with Gasteiger partial charge < -0.3 is 13.9 Å². The molecule has 0 N–H and O–H groups in total. The molecule has 27 heavy (non-hydrogen) atoms. The van der Waals surface area contributed by atoms with E-state index in [9.17, 15) is 0 Å². The first kappa shape index (κ1) is 19.0. The van der Waals surface area contributed by atoms with Crippen molar-refractivity contribution in [1.29, 1.82) is 0 Å². The Kier molecular flexibility index (Phi) is 6.14. The van der Waals surface area contributed by atoms with E-state index in [0.29, 0.717) is 12.4 Å². The molecule has 1 heterocycles. The van der Waals surface area contributed by atoms with E-state index in [1.54, 1.807) is 20.4 Å². The highest BCUT2D eigenvalue weighted by Gasteiger charge is 2.18. The van der Waals surface area contributed by atoms with Crippen LogP contribution in [0.1, 0.15) is 31.3 Å². The zero-order valence-electron chi connectivity index (χ0n) is 16.3. The van der Waals surface area contributed by atoms with Gasteiger partial charge in [0.15, 0.2) is 5.76 Å². The predicted octanol–water partition coefficient (Wildman–Crippen LogP) is 4.94. The second kappa shape index (κ2) is 8.73. The quantitative estimate of drug-likeness (QED) is 0.565. The van der Waals surface area contributed by atoms with Crippen molar-refractivity contribution in [3.8, 4) is 22.8 Å². The van der Waals surface area contributed by atoms with E-state index in [1.807, 2.05) is 36.4 Å².